The molecule has 5 heteroatoms. The standard InChI is InChI=1S/C20H28N4O/c1-12(2)15-8-7-9-16(13(3)4)18(15)24-20-21-11-10-17(23-20)19(25)22-14(5)6/h7-14H,1-6H3,(H,22,25)(H,21,23,24). The van der Waals surface area contributed by atoms with Crippen LogP contribution in [0.15, 0.2) is 30.5 Å². The Labute approximate surface area is 150 Å². The third-order valence-corrected chi connectivity index (χ3v) is 3.92. The van der Waals surface area contributed by atoms with Crippen LogP contribution in [0.4, 0.5) is 11.6 Å². The van der Waals surface area contributed by atoms with E-state index in [1.807, 2.05) is 13.8 Å². The molecule has 0 aliphatic carbocycles. The normalized spacial score (nSPS) is 11.2. The van der Waals surface area contributed by atoms with Crippen LogP contribution in [0.2, 0.25) is 0 Å². The van der Waals surface area contributed by atoms with Crippen molar-refractivity contribution in [2.75, 3.05) is 5.32 Å². The predicted octanol–water partition coefficient (Wildman–Crippen LogP) is 4.61. The maximum absolute atomic E-state index is 12.2. The number of rotatable bonds is 6. The van der Waals surface area contributed by atoms with E-state index in [1.54, 1.807) is 12.3 Å². The molecule has 2 aromatic rings. The van der Waals surface area contributed by atoms with Crippen LogP contribution in [0.3, 0.4) is 0 Å². The minimum Gasteiger partial charge on any atom is -0.349 e. The van der Waals surface area contributed by atoms with Crippen molar-refractivity contribution in [1.29, 1.82) is 0 Å². The number of nitrogens with zero attached hydrogens (tertiary/aromatic N) is 2. The first kappa shape index (κ1) is 18.9. The van der Waals surface area contributed by atoms with Crippen molar-refractivity contribution in [3.8, 4) is 0 Å². The molecular formula is C20H28N4O. The number of anilines is 2. The van der Waals surface area contributed by atoms with Gasteiger partial charge in [0.2, 0.25) is 5.95 Å². The fraction of sp³-hybridized carbons (Fsp3) is 0.450. The van der Waals surface area contributed by atoms with E-state index in [2.05, 4.69) is 66.5 Å². The van der Waals surface area contributed by atoms with Crippen LogP contribution >= 0.6 is 0 Å². The Morgan fingerprint density at radius 3 is 2.08 bits per heavy atom. The van der Waals surface area contributed by atoms with Crippen LogP contribution in [-0.2, 0) is 0 Å². The zero-order valence-corrected chi connectivity index (χ0v) is 15.9. The summed E-state index contributed by atoms with van der Waals surface area (Å²) in [6, 6.07) is 8.01. The van der Waals surface area contributed by atoms with Gasteiger partial charge in [-0.3, -0.25) is 4.79 Å². The lowest BCUT2D eigenvalue weighted by molar-refractivity contribution is 0.0938. The molecule has 0 fully saturated rings. The Bertz CT molecular complexity index is 712. The molecule has 0 bridgehead atoms. The monoisotopic (exact) mass is 340 g/mol. The molecule has 1 amide bonds. The second-order valence-corrected chi connectivity index (χ2v) is 7.14. The SMILES string of the molecule is CC(C)NC(=O)c1ccnc(Nc2c(C(C)C)cccc2C(C)C)n1. The molecule has 2 rings (SSSR count). The number of carbonyl (C=O) groups is 1. The number of hydrogen-bond donors (Lipinski definition) is 2. The Morgan fingerprint density at radius 1 is 0.960 bits per heavy atom. The Hall–Kier alpha value is -2.43. The molecule has 25 heavy (non-hydrogen) atoms. The molecule has 1 aromatic heterocycles. The van der Waals surface area contributed by atoms with Crippen molar-refractivity contribution in [3.63, 3.8) is 0 Å². The van der Waals surface area contributed by atoms with Crippen molar-refractivity contribution < 1.29 is 4.79 Å². The van der Waals surface area contributed by atoms with Gasteiger partial charge in [0.25, 0.3) is 5.91 Å². The lowest BCUT2D eigenvalue weighted by Crippen LogP contribution is -2.30. The number of amides is 1. The van der Waals surface area contributed by atoms with E-state index >= 15 is 0 Å². The first-order valence-electron chi connectivity index (χ1n) is 8.83. The van der Waals surface area contributed by atoms with E-state index in [-0.39, 0.29) is 11.9 Å². The van der Waals surface area contributed by atoms with Gasteiger partial charge in [0.05, 0.1) is 0 Å². The van der Waals surface area contributed by atoms with E-state index < -0.39 is 0 Å². The van der Waals surface area contributed by atoms with Crippen molar-refractivity contribution >= 4 is 17.5 Å². The molecule has 0 spiro atoms. The summed E-state index contributed by atoms with van der Waals surface area (Å²) in [5.74, 6) is 0.982. The molecule has 0 aliphatic heterocycles. The van der Waals surface area contributed by atoms with Gasteiger partial charge in [-0.05, 0) is 42.9 Å². The Morgan fingerprint density at radius 2 is 1.56 bits per heavy atom. The Balaban J connectivity index is 2.38. The van der Waals surface area contributed by atoms with Gasteiger partial charge in [-0.25, -0.2) is 9.97 Å². The van der Waals surface area contributed by atoms with Gasteiger partial charge < -0.3 is 10.6 Å². The molecule has 2 N–H and O–H groups in total. The third kappa shape index (κ3) is 4.78. The molecule has 5 nitrogen and oxygen atoms in total. The largest absolute Gasteiger partial charge is 0.349 e. The van der Waals surface area contributed by atoms with Crippen LogP contribution in [0.25, 0.3) is 0 Å². The van der Waals surface area contributed by atoms with Gasteiger partial charge in [0.1, 0.15) is 5.69 Å². The third-order valence-electron chi connectivity index (χ3n) is 3.92. The zero-order valence-electron chi connectivity index (χ0n) is 15.9. The summed E-state index contributed by atoms with van der Waals surface area (Å²) >= 11 is 0. The average Bonchev–Trinajstić information content (AvgIpc) is 2.54. The maximum Gasteiger partial charge on any atom is 0.270 e. The highest BCUT2D eigenvalue weighted by Crippen LogP contribution is 2.33. The summed E-state index contributed by atoms with van der Waals surface area (Å²) in [6.45, 7) is 12.5. The lowest BCUT2D eigenvalue weighted by Gasteiger charge is -2.20. The van der Waals surface area contributed by atoms with Crippen LogP contribution in [0.1, 0.15) is 75.0 Å². The smallest absolute Gasteiger partial charge is 0.270 e. The number of hydrogen-bond acceptors (Lipinski definition) is 4. The molecule has 0 saturated carbocycles. The van der Waals surface area contributed by atoms with Gasteiger partial charge in [-0.1, -0.05) is 45.9 Å². The fourth-order valence-corrected chi connectivity index (χ4v) is 2.69. The van der Waals surface area contributed by atoms with E-state index in [0.717, 1.165) is 5.69 Å². The predicted molar refractivity (Wildman–Crippen MR) is 103 cm³/mol. The molecular weight excluding hydrogens is 312 g/mol. The van der Waals surface area contributed by atoms with Crippen molar-refractivity contribution in [3.05, 3.63) is 47.3 Å². The molecule has 1 heterocycles. The second-order valence-electron chi connectivity index (χ2n) is 7.14. The van der Waals surface area contributed by atoms with Gasteiger partial charge in [0.15, 0.2) is 0 Å². The first-order chi connectivity index (χ1) is 11.8. The number of carbonyl (C=O) groups excluding carboxylic acids is 1. The molecule has 0 atom stereocenters. The summed E-state index contributed by atoms with van der Waals surface area (Å²) in [6.07, 6.45) is 1.61. The summed E-state index contributed by atoms with van der Waals surface area (Å²) < 4.78 is 0. The van der Waals surface area contributed by atoms with Gasteiger partial charge in [-0.15, -0.1) is 0 Å². The second kappa shape index (κ2) is 8.10. The van der Waals surface area contributed by atoms with Gasteiger partial charge >= 0.3 is 0 Å². The van der Waals surface area contributed by atoms with Gasteiger partial charge in [0, 0.05) is 17.9 Å². The van der Waals surface area contributed by atoms with Crippen LogP contribution < -0.4 is 10.6 Å². The van der Waals surface area contributed by atoms with Crippen molar-refractivity contribution in [1.82, 2.24) is 15.3 Å². The summed E-state index contributed by atoms with van der Waals surface area (Å²) in [5, 5.41) is 6.20. The average molecular weight is 340 g/mol. The lowest BCUT2D eigenvalue weighted by atomic mass is 9.93. The molecule has 0 saturated heterocycles. The summed E-state index contributed by atoms with van der Waals surface area (Å²) in [7, 11) is 0. The minimum absolute atomic E-state index is 0.0630. The number of nitrogens with one attached hydrogen (secondary N) is 2. The summed E-state index contributed by atoms with van der Waals surface area (Å²) in [5.41, 5.74) is 3.83. The highest BCUT2D eigenvalue weighted by atomic mass is 16.1. The molecule has 0 aliphatic rings. The van der Waals surface area contributed by atoms with Crippen LogP contribution in [0.5, 0.6) is 0 Å². The summed E-state index contributed by atoms with van der Waals surface area (Å²) in [4.78, 5) is 20.9. The number of aromatic nitrogens is 2. The highest BCUT2D eigenvalue weighted by molar-refractivity contribution is 5.92. The fourth-order valence-electron chi connectivity index (χ4n) is 2.69. The zero-order chi connectivity index (χ0) is 18.6. The topological polar surface area (TPSA) is 66.9 Å². The van der Waals surface area contributed by atoms with E-state index in [9.17, 15) is 4.79 Å². The minimum atomic E-state index is -0.193. The molecule has 1 aromatic carbocycles. The quantitative estimate of drug-likeness (QED) is 0.806. The van der Waals surface area contributed by atoms with E-state index in [1.165, 1.54) is 11.1 Å². The molecule has 0 radical (unpaired) electrons. The van der Waals surface area contributed by atoms with Crippen LogP contribution in [0, 0.1) is 0 Å². The van der Waals surface area contributed by atoms with Crippen molar-refractivity contribution in [2.24, 2.45) is 0 Å². The van der Waals surface area contributed by atoms with Gasteiger partial charge in [-0.2, -0.15) is 0 Å². The number of benzene rings is 1. The highest BCUT2D eigenvalue weighted by Gasteiger charge is 2.16. The maximum atomic E-state index is 12.2. The molecule has 0 unspecified atom stereocenters. The molecule has 134 valence electrons. The van der Waals surface area contributed by atoms with Crippen molar-refractivity contribution in [2.45, 2.75) is 59.4 Å². The van der Waals surface area contributed by atoms with E-state index in [4.69, 9.17) is 0 Å². The van der Waals surface area contributed by atoms with Crippen LogP contribution in [-0.4, -0.2) is 21.9 Å². The van der Waals surface area contributed by atoms with E-state index in [0.29, 0.717) is 23.5 Å². The number of para-hydroxylation sites is 1. The first-order valence-corrected chi connectivity index (χ1v) is 8.83. The Kier molecular flexibility index (Phi) is 6.12.